The van der Waals surface area contributed by atoms with Gasteiger partial charge in [0, 0.05) is 13.1 Å². The summed E-state index contributed by atoms with van der Waals surface area (Å²) in [7, 11) is 0. The first-order chi connectivity index (χ1) is 9.44. The summed E-state index contributed by atoms with van der Waals surface area (Å²) in [5.41, 5.74) is 0. The molecule has 0 amide bonds. The van der Waals surface area contributed by atoms with E-state index in [1.165, 1.54) is 10.1 Å². The van der Waals surface area contributed by atoms with Gasteiger partial charge in [-0.3, -0.25) is 19.8 Å². The molecule has 6 nitrogen and oxygen atoms in total. The van der Waals surface area contributed by atoms with Gasteiger partial charge >= 0.3 is 20.1 Å². The fourth-order valence-electron chi connectivity index (χ4n) is 0.858. The Morgan fingerprint density at radius 1 is 0.909 bits per heavy atom. The quantitative estimate of drug-likeness (QED) is 0.252. The van der Waals surface area contributed by atoms with Crippen LogP contribution in [0.15, 0.2) is 0 Å². The maximum Gasteiger partial charge on any atom is 5.00 e. The molecule has 128 valence electrons. The van der Waals surface area contributed by atoms with Crippen molar-refractivity contribution in [2.45, 2.75) is 27.7 Å². The zero-order chi connectivity index (χ0) is 16.6. The molecule has 0 aromatic carbocycles. The number of hydroxylamine groups is 4. The largest absolute Gasteiger partial charge is 5.00 e. The smallest absolute Gasteiger partial charge is 2.00 e. The first-order valence-corrected chi connectivity index (χ1v) is 7.52. The van der Waals surface area contributed by atoms with Gasteiger partial charge in [0.05, 0.1) is 13.2 Å². The van der Waals surface area contributed by atoms with Crippen LogP contribution < -0.4 is 0 Å². The minimum absolute atomic E-state index is 0. The van der Waals surface area contributed by atoms with Crippen molar-refractivity contribution in [3.8, 4) is 0 Å². The SMILES string of the molecule is CCON(CC)C(=S)[S-].CCON(CC)C(=S)[S-].[C-]#N.[O-2].[Tc+5]. The van der Waals surface area contributed by atoms with E-state index in [0.717, 1.165) is 13.1 Å². The van der Waals surface area contributed by atoms with Gasteiger partial charge in [-0.1, -0.05) is 0 Å². The van der Waals surface area contributed by atoms with Crippen LogP contribution in [0.3, 0.4) is 0 Å². The van der Waals surface area contributed by atoms with E-state index in [4.69, 9.17) is 71.2 Å². The van der Waals surface area contributed by atoms with Gasteiger partial charge < -0.3 is 67.0 Å². The normalized spacial score (nSPS) is 7.55. The zero-order valence-corrected chi connectivity index (χ0v) is 18.0. The third kappa shape index (κ3) is 22.5. The molecule has 0 saturated carbocycles. The number of rotatable bonds is 6. The van der Waals surface area contributed by atoms with Gasteiger partial charge in [-0.2, -0.15) is 0 Å². The van der Waals surface area contributed by atoms with E-state index in [2.05, 4.69) is 0 Å². The molecule has 0 heterocycles. The molecule has 22 heavy (non-hydrogen) atoms. The van der Waals surface area contributed by atoms with E-state index in [-0.39, 0.29) is 25.6 Å². The standard InChI is InChI=1S/2C5H11NOS2.CN.O.Tc/c2*1-3-6(5(8)9)7-4-2;1-2;;/h2*3-4H2,1-2H3,(H,8,9);;;/q;;-1;-2;+5/p-2. The Bertz CT molecular complexity index is 263. The second kappa shape index (κ2) is 26.2. The van der Waals surface area contributed by atoms with E-state index in [0.29, 0.717) is 21.9 Å². The van der Waals surface area contributed by atoms with Crippen molar-refractivity contribution in [2.24, 2.45) is 0 Å². The molecule has 0 unspecified atom stereocenters. The average Bonchev–Trinajstić information content (AvgIpc) is 2.44. The zero-order valence-electron chi connectivity index (χ0n) is 12.9. The summed E-state index contributed by atoms with van der Waals surface area (Å²) in [5.74, 6) is 0. The van der Waals surface area contributed by atoms with Crippen molar-refractivity contribution in [2.75, 3.05) is 26.3 Å². The van der Waals surface area contributed by atoms with Crippen LogP contribution in [0.5, 0.6) is 0 Å². The minimum atomic E-state index is 0. The van der Waals surface area contributed by atoms with Crippen LogP contribution in [-0.2, 0) is 60.5 Å². The summed E-state index contributed by atoms with van der Waals surface area (Å²) in [6, 6.07) is 0. The first-order valence-electron chi connectivity index (χ1n) is 5.89. The molecule has 11 heteroatoms. The Labute approximate surface area is 168 Å². The van der Waals surface area contributed by atoms with Crippen molar-refractivity contribution in [1.29, 1.82) is 5.26 Å². The number of thiocarbonyl (C=S) groups is 2. The van der Waals surface area contributed by atoms with Gasteiger partial charge in [0.1, 0.15) is 0 Å². The van der Waals surface area contributed by atoms with Gasteiger partial charge in [-0.05, 0) is 36.3 Å². The molecule has 0 aromatic heterocycles. The second-order valence-electron chi connectivity index (χ2n) is 2.76. The molecule has 0 N–H and O–H groups in total. The van der Waals surface area contributed by atoms with Crippen molar-refractivity contribution >= 4 is 58.3 Å². The topological polar surface area (TPSA) is 77.2 Å². The van der Waals surface area contributed by atoms with Crippen molar-refractivity contribution in [3.05, 3.63) is 6.57 Å². The van der Waals surface area contributed by atoms with Crippen molar-refractivity contribution in [3.63, 3.8) is 0 Å². The van der Waals surface area contributed by atoms with Gasteiger partial charge in [0.15, 0.2) is 0 Å². The maximum atomic E-state index is 6.25. The predicted octanol–water partition coefficient (Wildman–Crippen LogP) is 2.16. The Morgan fingerprint density at radius 3 is 1.18 bits per heavy atom. The molecule has 0 aliphatic heterocycles. The maximum absolute atomic E-state index is 6.25. The van der Waals surface area contributed by atoms with E-state index in [1.807, 2.05) is 27.7 Å². The summed E-state index contributed by atoms with van der Waals surface area (Å²) in [6.07, 6.45) is 0. The van der Waals surface area contributed by atoms with E-state index in [1.54, 1.807) is 0 Å². The molecule has 0 aliphatic carbocycles. The molecular weight excluding hydrogens is 448 g/mol. The molecular formula is C11H20N3O3S4Tc. The molecule has 0 radical (unpaired) electrons. The molecule has 0 rings (SSSR count). The Balaban J connectivity index is -0.0000000726. The third-order valence-electron chi connectivity index (χ3n) is 1.55. The van der Waals surface area contributed by atoms with Crippen molar-refractivity contribution < 1.29 is 35.3 Å². The van der Waals surface area contributed by atoms with E-state index >= 15 is 0 Å². The van der Waals surface area contributed by atoms with Crippen LogP contribution in [0.2, 0.25) is 0 Å². The Hall–Kier alpha value is 0.239. The monoisotopic (exact) mass is 467 g/mol. The Kier molecular flexibility index (Phi) is 40.1. The summed E-state index contributed by atoms with van der Waals surface area (Å²) in [6.45, 7) is 15.1. The fraction of sp³-hybridized carbons (Fsp3) is 0.727. The Morgan fingerprint density at radius 2 is 1.14 bits per heavy atom. The van der Waals surface area contributed by atoms with Gasteiger partial charge in [-0.25, -0.2) is 0 Å². The molecule has 0 spiro atoms. The van der Waals surface area contributed by atoms with Gasteiger partial charge in [0.25, 0.3) is 0 Å². The molecule has 0 aliphatic rings. The first kappa shape index (κ1) is 33.8. The minimum Gasteiger partial charge on any atom is -2.00 e. The van der Waals surface area contributed by atoms with Crippen LogP contribution in [-0.4, -0.2) is 45.1 Å². The van der Waals surface area contributed by atoms with E-state index in [9.17, 15) is 0 Å². The second-order valence-corrected chi connectivity index (χ2v) is 4.82. The molecule has 0 saturated heterocycles. The molecule has 0 atom stereocenters. The summed E-state index contributed by atoms with van der Waals surface area (Å²) < 4.78 is 0.749. The third-order valence-corrected chi connectivity index (χ3v) is 2.37. The van der Waals surface area contributed by atoms with Gasteiger partial charge in [0.2, 0.25) is 0 Å². The molecule has 0 fully saturated rings. The fourth-order valence-corrected chi connectivity index (χ4v) is 1.59. The molecule has 0 bridgehead atoms. The summed E-state index contributed by atoms with van der Waals surface area (Å²) >= 11 is 18.8. The van der Waals surface area contributed by atoms with Gasteiger partial charge in [-0.15, -0.1) is 0 Å². The number of hydrogen-bond acceptors (Lipinski definition) is 7. The van der Waals surface area contributed by atoms with Crippen molar-refractivity contribution in [1.82, 2.24) is 10.1 Å². The summed E-state index contributed by atoms with van der Waals surface area (Å²) in [4.78, 5) is 10.1. The predicted molar refractivity (Wildman–Crippen MR) is 93.6 cm³/mol. The van der Waals surface area contributed by atoms with Crippen LogP contribution >= 0.6 is 24.4 Å². The molecule has 0 aromatic rings. The van der Waals surface area contributed by atoms with E-state index < -0.39 is 0 Å². The summed E-state index contributed by atoms with van der Waals surface area (Å²) in [5, 5.41) is 9.29. The van der Waals surface area contributed by atoms with Crippen LogP contribution in [0.4, 0.5) is 0 Å². The van der Waals surface area contributed by atoms with Crippen LogP contribution in [0.1, 0.15) is 27.7 Å². The van der Waals surface area contributed by atoms with Crippen LogP contribution in [0, 0.1) is 11.8 Å². The number of hydrogen-bond donors (Lipinski definition) is 0. The average molecular weight is 469 g/mol. The van der Waals surface area contributed by atoms with Crippen LogP contribution in [0.25, 0.3) is 0 Å². The number of nitrogens with zero attached hydrogens (tertiary/aromatic N) is 3.